The number of hydrogen-bond acceptors (Lipinski definition) is 3. The van der Waals surface area contributed by atoms with Crippen LogP contribution in [-0.4, -0.2) is 0 Å². The van der Waals surface area contributed by atoms with Gasteiger partial charge in [-0.15, -0.1) is 0 Å². The number of ether oxygens (including phenoxy) is 1. The minimum atomic E-state index is -0.372. The summed E-state index contributed by atoms with van der Waals surface area (Å²) < 4.78 is 24.5. The molecule has 0 aliphatic heterocycles. The molecule has 0 unspecified atom stereocenters. The van der Waals surface area contributed by atoms with Gasteiger partial charge >= 0.3 is 0 Å². The summed E-state index contributed by atoms with van der Waals surface area (Å²) in [6, 6.07) is 12.1. The Morgan fingerprint density at radius 1 is 1.05 bits per heavy atom. The fourth-order valence-electron chi connectivity index (χ4n) is 2.16. The molecule has 0 fully saturated rings. The molecule has 102 valence electrons. The quantitative estimate of drug-likeness (QED) is 0.788. The molecule has 20 heavy (non-hydrogen) atoms. The molecule has 0 saturated heterocycles. The molecule has 0 aliphatic rings. The van der Waals surface area contributed by atoms with E-state index in [0.717, 1.165) is 22.1 Å². The maximum absolute atomic E-state index is 13.5. The van der Waals surface area contributed by atoms with Crippen LogP contribution >= 0.6 is 0 Å². The summed E-state index contributed by atoms with van der Waals surface area (Å²) in [5, 5.41) is 0.948. The fraction of sp³-hybridized carbons (Fsp3) is 0.125. The van der Waals surface area contributed by atoms with E-state index in [-0.39, 0.29) is 18.2 Å². The Labute approximate surface area is 115 Å². The summed E-state index contributed by atoms with van der Waals surface area (Å²) in [6.07, 6.45) is 1.63. The molecule has 0 radical (unpaired) electrons. The predicted octanol–water partition coefficient (Wildman–Crippen LogP) is 3.61. The standard InChI is InChI=1S/C16H14FNO2/c17-14-6-1-2-7-15(14)19-9-12-10-20-16-11(8-18)4-3-5-13(12)16/h1-7,10H,8-9,18H2. The van der Waals surface area contributed by atoms with Gasteiger partial charge in [-0.05, 0) is 12.1 Å². The molecule has 0 saturated carbocycles. The van der Waals surface area contributed by atoms with Gasteiger partial charge in [0.2, 0.25) is 0 Å². The molecule has 3 rings (SSSR count). The minimum absolute atomic E-state index is 0.233. The SMILES string of the molecule is NCc1cccc2c(COc3ccccc3F)coc12. The molecule has 4 heteroatoms. The van der Waals surface area contributed by atoms with Crippen molar-refractivity contribution in [1.29, 1.82) is 0 Å². The average molecular weight is 271 g/mol. The van der Waals surface area contributed by atoms with Crippen molar-refractivity contribution in [2.45, 2.75) is 13.2 Å². The highest BCUT2D eigenvalue weighted by molar-refractivity contribution is 5.83. The molecule has 0 aliphatic carbocycles. The topological polar surface area (TPSA) is 48.4 Å². The van der Waals surface area contributed by atoms with Crippen LogP contribution in [0.3, 0.4) is 0 Å². The second-order valence-electron chi connectivity index (χ2n) is 4.48. The minimum Gasteiger partial charge on any atom is -0.486 e. The van der Waals surface area contributed by atoms with E-state index in [0.29, 0.717) is 6.54 Å². The lowest BCUT2D eigenvalue weighted by atomic mass is 10.1. The molecule has 2 aromatic carbocycles. The number of furan rings is 1. The number of para-hydroxylation sites is 2. The van der Waals surface area contributed by atoms with Gasteiger partial charge in [-0.2, -0.15) is 0 Å². The molecule has 0 amide bonds. The van der Waals surface area contributed by atoms with Gasteiger partial charge in [0.15, 0.2) is 11.6 Å². The normalized spacial score (nSPS) is 10.9. The van der Waals surface area contributed by atoms with E-state index < -0.39 is 0 Å². The summed E-state index contributed by atoms with van der Waals surface area (Å²) in [5.41, 5.74) is 8.25. The Kier molecular flexibility index (Phi) is 3.39. The first-order valence-electron chi connectivity index (χ1n) is 6.35. The zero-order chi connectivity index (χ0) is 13.9. The molecule has 0 bridgehead atoms. The summed E-state index contributed by atoms with van der Waals surface area (Å²) in [4.78, 5) is 0. The van der Waals surface area contributed by atoms with Crippen molar-refractivity contribution < 1.29 is 13.5 Å². The van der Waals surface area contributed by atoms with Gasteiger partial charge in [-0.25, -0.2) is 4.39 Å². The van der Waals surface area contributed by atoms with Crippen molar-refractivity contribution in [2.75, 3.05) is 0 Å². The van der Waals surface area contributed by atoms with Gasteiger partial charge in [-0.3, -0.25) is 0 Å². The third kappa shape index (κ3) is 2.26. The molecule has 1 heterocycles. The number of hydrogen-bond donors (Lipinski definition) is 1. The van der Waals surface area contributed by atoms with Crippen molar-refractivity contribution >= 4 is 11.0 Å². The highest BCUT2D eigenvalue weighted by Gasteiger charge is 2.10. The molecule has 3 nitrogen and oxygen atoms in total. The monoisotopic (exact) mass is 271 g/mol. The van der Waals surface area contributed by atoms with E-state index in [4.69, 9.17) is 14.9 Å². The zero-order valence-corrected chi connectivity index (χ0v) is 10.8. The first kappa shape index (κ1) is 12.7. The molecule has 0 atom stereocenters. The van der Waals surface area contributed by atoms with Crippen LogP contribution in [-0.2, 0) is 13.2 Å². The van der Waals surface area contributed by atoms with Crippen LogP contribution in [0.15, 0.2) is 53.1 Å². The van der Waals surface area contributed by atoms with Crippen molar-refractivity contribution in [1.82, 2.24) is 0 Å². The van der Waals surface area contributed by atoms with E-state index >= 15 is 0 Å². The second-order valence-corrected chi connectivity index (χ2v) is 4.48. The largest absolute Gasteiger partial charge is 0.486 e. The van der Waals surface area contributed by atoms with Crippen LogP contribution in [0.2, 0.25) is 0 Å². The highest BCUT2D eigenvalue weighted by Crippen LogP contribution is 2.26. The van der Waals surface area contributed by atoms with Gasteiger partial charge in [0.1, 0.15) is 12.2 Å². The second kappa shape index (κ2) is 5.35. The molecule has 1 aromatic heterocycles. The Morgan fingerprint density at radius 2 is 1.90 bits per heavy atom. The van der Waals surface area contributed by atoms with Gasteiger partial charge in [0, 0.05) is 23.1 Å². The van der Waals surface area contributed by atoms with Gasteiger partial charge < -0.3 is 14.9 Å². The number of benzene rings is 2. The van der Waals surface area contributed by atoms with Crippen molar-refractivity contribution in [3.63, 3.8) is 0 Å². The van der Waals surface area contributed by atoms with Crippen LogP contribution in [0, 0.1) is 5.82 Å². The van der Waals surface area contributed by atoms with Crippen LogP contribution in [0.4, 0.5) is 4.39 Å². The Bertz CT molecular complexity index is 736. The van der Waals surface area contributed by atoms with Crippen molar-refractivity contribution in [3.05, 3.63) is 65.7 Å². The van der Waals surface area contributed by atoms with Crippen molar-refractivity contribution in [3.8, 4) is 5.75 Å². The lowest BCUT2D eigenvalue weighted by Crippen LogP contribution is -1.98. The van der Waals surface area contributed by atoms with Gasteiger partial charge in [-0.1, -0.05) is 30.3 Å². The van der Waals surface area contributed by atoms with E-state index in [1.165, 1.54) is 6.07 Å². The van der Waals surface area contributed by atoms with Gasteiger partial charge in [0.05, 0.1) is 6.26 Å². The summed E-state index contributed by atoms with van der Waals surface area (Å²) in [5.74, 6) is -0.139. The maximum Gasteiger partial charge on any atom is 0.165 e. The van der Waals surface area contributed by atoms with Crippen LogP contribution in [0.25, 0.3) is 11.0 Å². The number of nitrogens with two attached hydrogens (primary N) is 1. The Morgan fingerprint density at radius 3 is 2.70 bits per heavy atom. The molecule has 0 spiro atoms. The van der Waals surface area contributed by atoms with Gasteiger partial charge in [0.25, 0.3) is 0 Å². The molecule has 2 N–H and O–H groups in total. The van der Waals surface area contributed by atoms with Crippen molar-refractivity contribution in [2.24, 2.45) is 5.73 Å². The zero-order valence-electron chi connectivity index (χ0n) is 10.8. The van der Waals surface area contributed by atoms with Crippen LogP contribution in [0.1, 0.15) is 11.1 Å². The summed E-state index contributed by atoms with van der Waals surface area (Å²) in [6.45, 7) is 0.667. The first-order valence-corrected chi connectivity index (χ1v) is 6.35. The smallest absolute Gasteiger partial charge is 0.165 e. The molecular formula is C16H14FNO2. The lowest BCUT2D eigenvalue weighted by molar-refractivity contribution is 0.290. The van der Waals surface area contributed by atoms with E-state index in [1.54, 1.807) is 24.5 Å². The fourth-order valence-corrected chi connectivity index (χ4v) is 2.16. The first-order chi connectivity index (χ1) is 9.79. The summed E-state index contributed by atoms with van der Waals surface area (Å²) >= 11 is 0. The molecule has 3 aromatic rings. The molecular weight excluding hydrogens is 257 g/mol. The lowest BCUT2D eigenvalue weighted by Gasteiger charge is -2.05. The van der Waals surface area contributed by atoms with E-state index in [1.807, 2.05) is 18.2 Å². The summed E-state index contributed by atoms with van der Waals surface area (Å²) in [7, 11) is 0. The Balaban J connectivity index is 1.87. The number of halogens is 1. The van der Waals surface area contributed by atoms with E-state index in [2.05, 4.69) is 0 Å². The third-order valence-corrected chi connectivity index (χ3v) is 3.20. The number of rotatable bonds is 4. The average Bonchev–Trinajstić information content (AvgIpc) is 2.89. The number of fused-ring (bicyclic) bond motifs is 1. The maximum atomic E-state index is 13.5. The van der Waals surface area contributed by atoms with Crippen LogP contribution < -0.4 is 10.5 Å². The van der Waals surface area contributed by atoms with E-state index in [9.17, 15) is 4.39 Å². The third-order valence-electron chi connectivity index (χ3n) is 3.20. The highest BCUT2D eigenvalue weighted by atomic mass is 19.1. The van der Waals surface area contributed by atoms with Crippen LogP contribution in [0.5, 0.6) is 5.75 Å². The predicted molar refractivity (Wildman–Crippen MR) is 74.8 cm³/mol. The Hall–Kier alpha value is -2.33.